The van der Waals surface area contributed by atoms with Crippen molar-refractivity contribution in [2.75, 3.05) is 0 Å². The number of aromatic carboxylic acids is 1. The van der Waals surface area contributed by atoms with Gasteiger partial charge in [-0.1, -0.05) is 80.8 Å². The number of hydrogen-bond donors (Lipinski definition) is 1. The highest BCUT2D eigenvalue weighted by atomic mass is 16.4. The van der Waals surface area contributed by atoms with Gasteiger partial charge in [-0.3, -0.25) is 0 Å². The second-order valence-electron chi connectivity index (χ2n) is 8.82. The first-order chi connectivity index (χ1) is 16.0. The predicted molar refractivity (Wildman–Crippen MR) is 133 cm³/mol. The fraction of sp³-hybridized carbons (Fsp3) is 0.321. The van der Waals surface area contributed by atoms with Crippen molar-refractivity contribution in [2.45, 2.75) is 58.3 Å². The molecule has 0 saturated heterocycles. The number of rotatable bonds is 7. The Balaban J connectivity index is 1.77. The van der Waals surface area contributed by atoms with Gasteiger partial charge in [0, 0.05) is 17.7 Å². The number of carboxylic acid groups (broad SMARTS) is 1. The van der Waals surface area contributed by atoms with E-state index >= 15 is 0 Å². The van der Waals surface area contributed by atoms with E-state index in [0.29, 0.717) is 11.6 Å². The van der Waals surface area contributed by atoms with Gasteiger partial charge in [0.2, 0.25) is 0 Å². The second kappa shape index (κ2) is 9.99. The zero-order chi connectivity index (χ0) is 23.4. The lowest BCUT2D eigenvalue weighted by Gasteiger charge is -2.25. The summed E-state index contributed by atoms with van der Waals surface area (Å²) in [5.41, 5.74) is 7.24. The monoisotopic (exact) mass is 441 g/mol. The number of fused-ring (bicyclic) bond motifs is 1. The molecule has 1 aromatic carbocycles. The molecule has 3 aromatic rings. The Morgan fingerprint density at radius 2 is 1.91 bits per heavy atom. The van der Waals surface area contributed by atoms with Crippen molar-refractivity contribution >= 4 is 17.2 Å². The van der Waals surface area contributed by atoms with Gasteiger partial charge in [-0.2, -0.15) is 5.10 Å². The van der Waals surface area contributed by atoms with Gasteiger partial charge in [0.05, 0.1) is 11.9 Å². The first kappa shape index (κ1) is 22.7. The summed E-state index contributed by atoms with van der Waals surface area (Å²) >= 11 is 0. The van der Waals surface area contributed by atoms with Crippen LogP contribution in [0.25, 0.3) is 22.3 Å². The zero-order valence-corrected chi connectivity index (χ0v) is 19.4. The minimum Gasteiger partial charge on any atom is -0.477 e. The van der Waals surface area contributed by atoms with Crippen molar-refractivity contribution < 1.29 is 9.90 Å². The van der Waals surface area contributed by atoms with Gasteiger partial charge in [-0.15, -0.1) is 0 Å². The fourth-order valence-corrected chi connectivity index (χ4v) is 4.70. The Labute approximate surface area is 195 Å². The van der Waals surface area contributed by atoms with Crippen LogP contribution in [0.2, 0.25) is 0 Å². The van der Waals surface area contributed by atoms with Crippen molar-refractivity contribution in [3.8, 4) is 11.1 Å². The minimum absolute atomic E-state index is 0.148. The van der Waals surface area contributed by atoms with Crippen molar-refractivity contribution in [1.29, 1.82) is 0 Å². The standard InChI is InChI=1S/C28H31N3O2/c1-4-20(12-8-9-19(2)3)21-13-15-22(16-14-21)24-17-29-27-25(28(32)33)18-30-31(27)26(24)23-10-6-5-7-11-23/h8-9,12-18,23H,2,4-7,10-11H2,1,3H3,(H,32,33)/b9-8-,20-12+. The molecule has 4 rings (SSSR count). The van der Waals surface area contributed by atoms with Crippen molar-refractivity contribution in [3.63, 3.8) is 0 Å². The lowest BCUT2D eigenvalue weighted by molar-refractivity contribution is 0.0698. The van der Waals surface area contributed by atoms with Gasteiger partial charge in [0.15, 0.2) is 5.65 Å². The lowest BCUT2D eigenvalue weighted by Crippen LogP contribution is -2.13. The number of benzene rings is 1. The van der Waals surface area contributed by atoms with Crippen LogP contribution >= 0.6 is 0 Å². The van der Waals surface area contributed by atoms with Crippen LogP contribution in [0.5, 0.6) is 0 Å². The lowest BCUT2D eigenvalue weighted by atomic mass is 9.84. The van der Waals surface area contributed by atoms with Crippen LogP contribution in [0.15, 0.2) is 67.0 Å². The molecule has 0 amide bonds. The molecule has 5 nitrogen and oxygen atoms in total. The van der Waals surface area contributed by atoms with Gasteiger partial charge >= 0.3 is 5.97 Å². The summed E-state index contributed by atoms with van der Waals surface area (Å²) in [6.07, 6.45) is 16.2. The topological polar surface area (TPSA) is 67.5 Å². The Kier molecular flexibility index (Phi) is 6.87. The summed E-state index contributed by atoms with van der Waals surface area (Å²) < 4.78 is 1.77. The van der Waals surface area contributed by atoms with Crippen molar-refractivity contribution in [3.05, 3.63) is 83.9 Å². The van der Waals surface area contributed by atoms with Crippen LogP contribution in [-0.2, 0) is 0 Å². The van der Waals surface area contributed by atoms with E-state index in [1.165, 1.54) is 36.6 Å². The van der Waals surface area contributed by atoms with E-state index in [1.807, 2.05) is 25.3 Å². The van der Waals surface area contributed by atoms with E-state index in [2.05, 4.69) is 53.9 Å². The average molecular weight is 442 g/mol. The smallest absolute Gasteiger partial charge is 0.341 e. The molecule has 0 unspecified atom stereocenters. The SMILES string of the molecule is C=C(C)/C=C\C=C(/CC)c1ccc(-c2cnc3c(C(=O)O)cnn3c2C2CCCCC2)cc1. The highest BCUT2D eigenvalue weighted by molar-refractivity contribution is 5.94. The summed E-state index contributed by atoms with van der Waals surface area (Å²) in [7, 11) is 0. The molecule has 170 valence electrons. The molecule has 1 aliphatic rings. The predicted octanol–water partition coefficient (Wildman–Crippen LogP) is 7.07. The van der Waals surface area contributed by atoms with Crippen LogP contribution in [0.4, 0.5) is 0 Å². The zero-order valence-electron chi connectivity index (χ0n) is 19.4. The molecule has 0 radical (unpaired) electrons. The summed E-state index contributed by atoms with van der Waals surface area (Å²) in [5.74, 6) is -0.650. The number of carbonyl (C=O) groups is 1. The van der Waals surface area contributed by atoms with Crippen LogP contribution in [0, 0.1) is 0 Å². The number of aromatic nitrogens is 3. The first-order valence-corrected chi connectivity index (χ1v) is 11.7. The van der Waals surface area contributed by atoms with Crippen LogP contribution in [0.1, 0.15) is 79.9 Å². The highest BCUT2D eigenvalue weighted by Crippen LogP contribution is 2.38. The van der Waals surface area contributed by atoms with Gasteiger partial charge < -0.3 is 5.11 Å². The quantitative estimate of drug-likeness (QED) is 0.398. The van der Waals surface area contributed by atoms with E-state index < -0.39 is 5.97 Å². The van der Waals surface area contributed by atoms with Crippen LogP contribution in [-0.4, -0.2) is 25.7 Å². The molecular formula is C28H31N3O2. The number of hydrogen-bond acceptors (Lipinski definition) is 3. The molecule has 1 saturated carbocycles. The third-order valence-corrected chi connectivity index (χ3v) is 6.41. The fourth-order valence-electron chi connectivity index (χ4n) is 4.70. The van der Waals surface area contributed by atoms with Gasteiger partial charge in [-0.25, -0.2) is 14.3 Å². The van der Waals surface area contributed by atoms with E-state index in [0.717, 1.165) is 41.7 Å². The van der Waals surface area contributed by atoms with Crippen LogP contribution in [0.3, 0.4) is 0 Å². The van der Waals surface area contributed by atoms with E-state index in [-0.39, 0.29) is 5.56 Å². The normalized spacial score (nSPS) is 15.4. The molecule has 5 heteroatoms. The van der Waals surface area contributed by atoms with E-state index in [9.17, 15) is 9.90 Å². The molecule has 1 aliphatic carbocycles. The largest absolute Gasteiger partial charge is 0.477 e. The molecule has 1 N–H and O–H groups in total. The molecule has 0 atom stereocenters. The number of nitrogens with zero attached hydrogens (tertiary/aromatic N) is 3. The Hall–Kier alpha value is -3.47. The van der Waals surface area contributed by atoms with Gasteiger partial charge in [0.25, 0.3) is 0 Å². The molecule has 0 spiro atoms. The third-order valence-electron chi connectivity index (χ3n) is 6.41. The van der Waals surface area contributed by atoms with Crippen LogP contribution < -0.4 is 0 Å². The molecule has 0 aliphatic heterocycles. The Bertz CT molecular complexity index is 1230. The molecule has 33 heavy (non-hydrogen) atoms. The summed E-state index contributed by atoms with van der Waals surface area (Å²) in [6.45, 7) is 8.06. The van der Waals surface area contributed by atoms with Crippen molar-refractivity contribution in [2.24, 2.45) is 0 Å². The maximum absolute atomic E-state index is 11.7. The summed E-state index contributed by atoms with van der Waals surface area (Å²) in [5, 5.41) is 14.0. The van der Waals surface area contributed by atoms with Gasteiger partial charge in [-0.05, 0) is 42.9 Å². The molecular weight excluding hydrogens is 410 g/mol. The Morgan fingerprint density at radius 1 is 1.18 bits per heavy atom. The molecule has 2 aromatic heterocycles. The second-order valence-corrected chi connectivity index (χ2v) is 8.82. The summed E-state index contributed by atoms with van der Waals surface area (Å²) in [4.78, 5) is 16.2. The maximum atomic E-state index is 11.7. The van der Waals surface area contributed by atoms with Gasteiger partial charge in [0.1, 0.15) is 5.56 Å². The summed E-state index contributed by atoms with van der Waals surface area (Å²) in [6, 6.07) is 8.58. The van der Waals surface area contributed by atoms with Crippen molar-refractivity contribution in [1.82, 2.24) is 14.6 Å². The maximum Gasteiger partial charge on any atom is 0.341 e. The molecule has 0 bridgehead atoms. The third kappa shape index (κ3) is 4.82. The number of allylic oxidation sites excluding steroid dienone is 5. The molecule has 1 fully saturated rings. The average Bonchev–Trinajstić information content (AvgIpc) is 3.26. The number of carboxylic acids is 1. The minimum atomic E-state index is -0.997. The molecule has 2 heterocycles. The highest BCUT2D eigenvalue weighted by Gasteiger charge is 2.25. The van der Waals surface area contributed by atoms with E-state index in [4.69, 9.17) is 0 Å². The Morgan fingerprint density at radius 3 is 2.55 bits per heavy atom. The van der Waals surface area contributed by atoms with E-state index in [1.54, 1.807) is 4.52 Å². The first-order valence-electron chi connectivity index (χ1n) is 11.7.